The summed E-state index contributed by atoms with van der Waals surface area (Å²) in [6.07, 6.45) is 3.18. The van der Waals surface area contributed by atoms with Crippen LogP contribution in [0.5, 0.6) is 0 Å². The van der Waals surface area contributed by atoms with Crippen molar-refractivity contribution in [3.8, 4) is 0 Å². The number of ketones is 1. The van der Waals surface area contributed by atoms with Crippen LogP contribution in [-0.2, 0) is 14.3 Å². The summed E-state index contributed by atoms with van der Waals surface area (Å²) < 4.78 is 5.64. The van der Waals surface area contributed by atoms with Crippen molar-refractivity contribution in [1.29, 1.82) is 0 Å². The SMILES string of the molecule is C=C1C(=O)O[C@H]2[C@]3(C)C(=O)CC[C@H]3[C@@H](C)CC[C@@]12C. The maximum Gasteiger partial charge on any atom is 0.334 e. The molecule has 3 rings (SSSR count). The molecule has 19 heavy (non-hydrogen) atoms. The fourth-order valence-corrected chi connectivity index (χ4v) is 4.77. The summed E-state index contributed by atoms with van der Waals surface area (Å²) in [6, 6.07) is 0. The average molecular weight is 262 g/mol. The van der Waals surface area contributed by atoms with Crippen LogP contribution in [0.1, 0.15) is 46.5 Å². The molecule has 0 radical (unpaired) electrons. The van der Waals surface area contributed by atoms with Crippen LogP contribution >= 0.6 is 0 Å². The molecule has 0 bridgehead atoms. The van der Waals surface area contributed by atoms with Crippen LogP contribution in [0.15, 0.2) is 12.2 Å². The number of ether oxygens (including phenoxy) is 1. The maximum atomic E-state index is 12.5. The van der Waals surface area contributed by atoms with E-state index >= 15 is 0 Å². The van der Waals surface area contributed by atoms with E-state index in [0.29, 0.717) is 23.8 Å². The first-order valence-electron chi connectivity index (χ1n) is 7.25. The van der Waals surface area contributed by atoms with Crippen LogP contribution in [0.25, 0.3) is 0 Å². The van der Waals surface area contributed by atoms with Crippen molar-refractivity contribution in [3.63, 3.8) is 0 Å². The average Bonchev–Trinajstić information content (AvgIpc) is 2.76. The summed E-state index contributed by atoms with van der Waals surface area (Å²) in [5, 5.41) is 0. The third-order valence-electron chi connectivity index (χ3n) is 6.14. The summed E-state index contributed by atoms with van der Waals surface area (Å²) >= 11 is 0. The number of fused-ring (bicyclic) bond motifs is 3. The van der Waals surface area contributed by atoms with Gasteiger partial charge in [-0.25, -0.2) is 4.79 Å². The Bertz CT molecular complexity index is 480. The van der Waals surface area contributed by atoms with Gasteiger partial charge in [0.1, 0.15) is 11.9 Å². The third-order valence-corrected chi connectivity index (χ3v) is 6.14. The molecule has 3 heteroatoms. The minimum absolute atomic E-state index is 0.268. The number of rotatable bonds is 0. The molecule has 1 saturated heterocycles. The monoisotopic (exact) mass is 262 g/mol. The van der Waals surface area contributed by atoms with E-state index in [4.69, 9.17) is 4.74 Å². The van der Waals surface area contributed by atoms with E-state index in [9.17, 15) is 9.59 Å². The van der Waals surface area contributed by atoms with Crippen LogP contribution in [0.4, 0.5) is 0 Å². The number of hydrogen-bond acceptors (Lipinski definition) is 3. The molecule has 1 aliphatic heterocycles. The van der Waals surface area contributed by atoms with Crippen LogP contribution < -0.4 is 0 Å². The number of Topliss-reactive ketones (excluding diaryl/α,β-unsaturated/α-hetero) is 1. The molecule has 2 saturated carbocycles. The Hall–Kier alpha value is -1.12. The maximum absolute atomic E-state index is 12.5. The van der Waals surface area contributed by atoms with E-state index < -0.39 is 5.41 Å². The number of carbonyl (C=O) groups is 2. The van der Waals surface area contributed by atoms with Gasteiger partial charge in [-0.1, -0.05) is 20.4 Å². The molecule has 0 aromatic carbocycles. The summed E-state index contributed by atoms with van der Waals surface area (Å²) in [4.78, 5) is 24.4. The number of carbonyl (C=O) groups excluding carboxylic acids is 2. The second kappa shape index (κ2) is 3.71. The molecule has 0 unspecified atom stereocenters. The third kappa shape index (κ3) is 1.39. The van der Waals surface area contributed by atoms with E-state index in [-0.39, 0.29) is 23.3 Å². The Kier molecular flexibility index (Phi) is 2.52. The van der Waals surface area contributed by atoms with Crippen molar-refractivity contribution in [3.05, 3.63) is 12.2 Å². The van der Waals surface area contributed by atoms with Crippen molar-refractivity contribution in [2.45, 2.75) is 52.6 Å². The molecule has 0 spiro atoms. The highest BCUT2D eigenvalue weighted by Crippen LogP contribution is 2.60. The van der Waals surface area contributed by atoms with E-state index in [1.54, 1.807) is 0 Å². The molecule has 5 atom stereocenters. The van der Waals surface area contributed by atoms with Gasteiger partial charge in [-0.2, -0.15) is 0 Å². The Morgan fingerprint density at radius 2 is 1.95 bits per heavy atom. The molecule has 0 aromatic heterocycles. The van der Waals surface area contributed by atoms with Crippen LogP contribution in [0.2, 0.25) is 0 Å². The summed E-state index contributed by atoms with van der Waals surface area (Å²) in [5.74, 6) is 0.808. The molecule has 0 aromatic rings. The van der Waals surface area contributed by atoms with E-state index in [2.05, 4.69) is 20.4 Å². The second-order valence-electron chi connectivity index (χ2n) is 7.05. The summed E-state index contributed by atoms with van der Waals surface area (Å²) in [7, 11) is 0. The Morgan fingerprint density at radius 1 is 1.26 bits per heavy atom. The predicted octanol–water partition coefficient (Wildman–Crippen LogP) is 2.89. The van der Waals surface area contributed by atoms with E-state index in [0.717, 1.165) is 19.3 Å². The van der Waals surface area contributed by atoms with Gasteiger partial charge in [0.05, 0.1) is 5.41 Å². The quantitative estimate of drug-likeness (QED) is 0.498. The zero-order valence-corrected chi connectivity index (χ0v) is 12.0. The summed E-state index contributed by atoms with van der Waals surface area (Å²) in [6.45, 7) is 10.2. The molecule has 0 N–H and O–H groups in total. The molecule has 3 nitrogen and oxygen atoms in total. The molecule has 3 fully saturated rings. The van der Waals surface area contributed by atoms with Crippen molar-refractivity contribution in [2.24, 2.45) is 22.7 Å². The standard InChI is InChI=1S/C16H22O3/c1-9-7-8-15(3)10(2)13(18)19-14(15)16(4)11(9)5-6-12(16)17/h9,11,14H,2,5-8H2,1,3-4H3/t9-,11-,14+,15-,16-/m0/s1. The molecule has 3 aliphatic rings. The van der Waals surface area contributed by atoms with Gasteiger partial charge in [0, 0.05) is 17.4 Å². The highest BCUT2D eigenvalue weighted by molar-refractivity contribution is 5.95. The van der Waals surface area contributed by atoms with Gasteiger partial charge in [-0.05, 0) is 38.0 Å². The predicted molar refractivity (Wildman–Crippen MR) is 71.4 cm³/mol. The topological polar surface area (TPSA) is 43.4 Å². The normalized spacial score (nSPS) is 49.6. The van der Waals surface area contributed by atoms with Crippen molar-refractivity contribution < 1.29 is 14.3 Å². The van der Waals surface area contributed by atoms with Crippen molar-refractivity contribution >= 4 is 11.8 Å². The van der Waals surface area contributed by atoms with Crippen molar-refractivity contribution in [1.82, 2.24) is 0 Å². The minimum atomic E-state index is -0.514. The molecular formula is C16H22O3. The molecule has 2 aliphatic carbocycles. The van der Waals surface area contributed by atoms with E-state index in [1.807, 2.05) is 6.92 Å². The fourth-order valence-electron chi connectivity index (χ4n) is 4.77. The summed E-state index contributed by atoms with van der Waals surface area (Å²) in [5.41, 5.74) is -0.319. The first kappa shape index (κ1) is 12.9. The fraction of sp³-hybridized carbons (Fsp3) is 0.750. The Morgan fingerprint density at radius 3 is 2.63 bits per heavy atom. The Balaban J connectivity index is 2.14. The van der Waals surface area contributed by atoms with Crippen LogP contribution in [0.3, 0.4) is 0 Å². The lowest BCUT2D eigenvalue weighted by atomic mass is 9.64. The molecule has 104 valence electrons. The van der Waals surface area contributed by atoms with Gasteiger partial charge < -0.3 is 4.74 Å². The van der Waals surface area contributed by atoms with Gasteiger partial charge in [-0.3, -0.25) is 4.79 Å². The van der Waals surface area contributed by atoms with E-state index in [1.165, 1.54) is 0 Å². The number of esters is 1. The zero-order valence-electron chi connectivity index (χ0n) is 12.0. The van der Waals surface area contributed by atoms with Gasteiger partial charge in [0.15, 0.2) is 0 Å². The largest absolute Gasteiger partial charge is 0.457 e. The molecular weight excluding hydrogens is 240 g/mol. The van der Waals surface area contributed by atoms with Crippen molar-refractivity contribution in [2.75, 3.05) is 0 Å². The van der Waals surface area contributed by atoms with Gasteiger partial charge in [0.25, 0.3) is 0 Å². The van der Waals surface area contributed by atoms with Crippen LogP contribution in [0, 0.1) is 22.7 Å². The van der Waals surface area contributed by atoms with Gasteiger partial charge in [-0.15, -0.1) is 0 Å². The zero-order chi connectivity index (χ0) is 14.0. The second-order valence-corrected chi connectivity index (χ2v) is 7.05. The van der Waals surface area contributed by atoms with Gasteiger partial charge in [0.2, 0.25) is 0 Å². The van der Waals surface area contributed by atoms with Gasteiger partial charge >= 0.3 is 5.97 Å². The smallest absolute Gasteiger partial charge is 0.334 e. The molecule has 0 amide bonds. The first-order chi connectivity index (χ1) is 8.81. The Labute approximate surface area is 114 Å². The lowest BCUT2D eigenvalue weighted by molar-refractivity contribution is -0.153. The highest BCUT2D eigenvalue weighted by Gasteiger charge is 2.65. The minimum Gasteiger partial charge on any atom is -0.457 e. The number of hydrogen-bond donors (Lipinski definition) is 0. The lowest BCUT2D eigenvalue weighted by Crippen LogP contribution is -2.47. The lowest BCUT2D eigenvalue weighted by Gasteiger charge is -2.40. The first-order valence-corrected chi connectivity index (χ1v) is 7.25. The highest BCUT2D eigenvalue weighted by atomic mass is 16.6. The molecule has 1 heterocycles. The van der Waals surface area contributed by atoms with Crippen LogP contribution in [-0.4, -0.2) is 17.9 Å².